The van der Waals surface area contributed by atoms with Gasteiger partial charge in [-0.05, 0) is 18.3 Å². The molecule has 0 aliphatic heterocycles. The van der Waals surface area contributed by atoms with Crippen LogP contribution in [0.2, 0.25) is 0 Å². The minimum atomic E-state index is -0.847. The Balaban J connectivity index is 3.91. The third kappa shape index (κ3) is 5.57. The molecule has 0 saturated heterocycles. The molecule has 0 spiro atoms. The van der Waals surface area contributed by atoms with Crippen molar-refractivity contribution >= 4 is 5.97 Å². The number of nitrogens with one attached hydrogen (secondary N) is 1. The number of carbonyl (C=O) groups is 1. The van der Waals surface area contributed by atoms with Crippen molar-refractivity contribution in [2.45, 2.75) is 34.6 Å². The zero-order chi connectivity index (χ0) is 12.1. The average molecular weight is 213 g/mol. The lowest BCUT2D eigenvalue weighted by molar-refractivity contribution is -0.132. The zero-order valence-electron chi connectivity index (χ0n) is 10.4. The van der Waals surface area contributed by atoms with Gasteiger partial charge in [-0.1, -0.05) is 33.8 Å². The summed E-state index contributed by atoms with van der Waals surface area (Å²) in [6, 6.07) is 0. The van der Waals surface area contributed by atoms with Crippen molar-refractivity contribution in [1.29, 1.82) is 0 Å². The fourth-order valence-corrected chi connectivity index (χ4v) is 0.911. The SMILES string of the molecule is C/C(=C/CNCC(C)(C)C(C)C)C(=O)O. The van der Waals surface area contributed by atoms with Gasteiger partial charge >= 0.3 is 5.97 Å². The first-order valence-electron chi connectivity index (χ1n) is 5.38. The fourth-order valence-electron chi connectivity index (χ4n) is 0.911. The molecular weight excluding hydrogens is 190 g/mol. The lowest BCUT2D eigenvalue weighted by atomic mass is 9.81. The molecule has 0 unspecified atom stereocenters. The van der Waals surface area contributed by atoms with Crippen LogP contribution in [0.3, 0.4) is 0 Å². The van der Waals surface area contributed by atoms with E-state index in [0.717, 1.165) is 6.54 Å². The number of hydrogen-bond acceptors (Lipinski definition) is 2. The van der Waals surface area contributed by atoms with Crippen LogP contribution in [-0.2, 0) is 4.79 Å². The summed E-state index contributed by atoms with van der Waals surface area (Å²) in [7, 11) is 0. The standard InChI is InChI=1S/C12H23NO2/c1-9(2)12(4,5)8-13-7-6-10(3)11(14)15/h6,9,13H,7-8H2,1-5H3,(H,14,15)/b10-6-. The highest BCUT2D eigenvalue weighted by molar-refractivity contribution is 5.85. The van der Waals surface area contributed by atoms with Crippen LogP contribution in [-0.4, -0.2) is 24.2 Å². The molecule has 0 aromatic rings. The van der Waals surface area contributed by atoms with Crippen LogP contribution in [0.5, 0.6) is 0 Å². The molecule has 88 valence electrons. The molecule has 0 radical (unpaired) electrons. The van der Waals surface area contributed by atoms with E-state index >= 15 is 0 Å². The van der Waals surface area contributed by atoms with Crippen LogP contribution >= 0.6 is 0 Å². The predicted octanol–water partition coefficient (Wildman–Crippen LogP) is 2.29. The lowest BCUT2D eigenvalue weighted by Crippen LogP contribution is -2.33. The largest absolute Gasteiger partial charge is 0.478 e. The van der Waals surface area contributed by atoms with E-state index in [1.54, 1.807) is 13.0 Å². The molecule has 0 aliphatic rings. The Bertz CT molecular complexity index is 242. The molecule has 3 heteroatoms. The Kier molecular flexibility index (Phi) is 5.58. The Morgan fingerprint density at radius 1 is 1.47 bits per heavy atom. The van der Waals surface area contributed by atoms with Gasteiger partial charge in [0.2, 0.25) is 0 Å². The molecule has 0 bridgehead atoms. The van der Waals surface area contributed by atoms with E-state index < -0.39 is 5.97 Å². The minimum absolute atomic E-state index is 0.241. The summed E-state index contributed by atoms with van der Waals surface area (Å²) in [6.07, 6.45) is 1.71. The minimum Gasteiger partial charge on any atom is -0.478 e. The van der Waals surface area contributed by atoms with E-state index in [-0.39, 0.29) is 5.41 Å². The third-order valence-electron chi connectivity index (χ3n) is 3.03. The highest BCUT2D eigenvalue weighted by atomic mass is 16.4. The van der Waals surface area contributed by atoms with Crippen molar-refractivity contribution < 1.29 is 9.90 Å². The van der Waals surface area contributed by atoms with Gasteiger partial charge in [0.1, 0.15) is 0 Å². The molecular formula is C12H23NO2. The van der Waals surface area contributed by atoms with Gasteiger partial charge in [0.05, 0.1) is 0 Å². The van der Waals surface area contributed by atoms with Crippen molar-refractivity contribution in [2.24, 2.45) is 11.3 Å². The number of hydrogen-bond donors (Lipinski definition) is 2. The van der Waals surface area contributed by atoms with Crippen molar-refractivity contribution in [2.75, 3.05) is 13.1 Å². The maximum absolute atomic E-state index is 10.5. The summed E-state index contributed by atoms with van der Waals surface area (Å²) >= 11 is 0. The van der Waals surface area contributed by atoms with Gasteiger partial charge < -0.3 is 10.4 Å². The fraction of sp³-hybridized carbons (Fsp3) is 0.750. The van der Waals surface area contributed by atoms with E-state index in [1.807, 2.05) is 0 Å². The molecule has 0 aromatic carbocycles. The molecule has 0 amide bonds. The van der Waals surface area contributed by atoms with Crippen molar-refractivity contribution in [3.8, 4) is 0 Å². The van der Waals surface area contributed by atoms with Crippen molar-refractivity contribution in [3.63, 3.8) is 0 Å². The smallest absolute Gasteiger partial charge is 0.330 e. The van der Waals surface area contributed by atoms with Gasteiger partial charge in [-0.2, -0.15) is 0 Å². The molecule has 0 saturated carbocycles. The van der Waals surface area contributed by atoms with E-state index in [4.69, 9.17) is 5.11 Å². The first-order chi connectivity index (χ1) is 6.77. The topological polar surface area (TPSA) is 49.3 Å². The summed E-state index contributed by atoms with van der Waals surface area (Å²) in [5, 5.41) is 11.9. The second kappa shape index (κ2) is 5.91. The predicted molar refractivity (Wildman–Crippen MR) is 62.9 cm³/mol. The Morgan fingerprint density at radius 3 is 2.40 bits per heavy atom. The van der Waals surface area contributed by atoms with Gasteiger partial charge in [0, 0.05) is 18.7 Å². The number of carboxylic acids is 1. The third-order valence-corrected chi connectivity index (χ3v) is 3.03. The summed E-state index contributed by atoms with van der Waals surface area (Å²) in [6.45, 7) is 11.9. The Labute approximate surface area is 92.6 Å². The maximum atomic E-state index is 10.5. The van der Waals surface area contributed by atoms with Crippen LogP contribution in [0.25, 0.3) is 0 Å². The first kappa shape index (κ1) is 14.2. The van der Waals surface area contributed by atoms with E-state index in [9.17, 15) is 4.79 Å². The molecule has 0 aliphatic carbocycles. The monoisotopic (exact) mass is 213 g/mol. The molecule has 0 heterocycles. The molecule has 15 heavy (non-hydrogen) atoms. The quantitative estimate of drug-likeness (QED) is 0.525. The highest BCUT2D eigenvalue weighted by Gasteiger charge is 2.21. The van der Waals surface area contributed by atoms with Gasteiger partial charge in [0.25, 0.3) is 0 Å². The zero-order valence-corrected chi connectivity index (χ0v) is 10.4. The lowest BCUT2D eigenvalue weighted by Gasteiger charge is -2.29. The molecule has 2 N–H and O–H groups in total. The van der Waals surface area contributed by atoms with Crippen LogP contribution in [0.4, 0.5) is 0 Å². The van der Waals surface area contributed by atoms with Crippen LogP contribution in [0.15, 0.2) is 11.6 Å². The van der Waals surface area contributed by atoms with Crippen molar-refractivity contribution in [3.05, 3.63) is 11.6 Å². The summed E-state index contributed by atoms with van der Waals surface area (Å²) in [5.74, 6) is -0.241. The number of carboxylic acid groups (broad SMARTS) is 1. The average Bonchev–Trinajstić information content (AvgIpc) is 2.11. The highest BCUT2D eigenvalue weighted by Crippen LogP contribution is 2.24. The molecule has 0 atom stereocenters. The number of aliphatic carboxylic acids is 1. The van der Waals surface area contributed by atoms with Gasteiger partial charge in [0.15, 0.2) is 0 Å². The summed E-state index contributed by atoms with van der Waals surface area (Å²) < 4.78 is 0. The summed E-state index contributed by atoms with van der Waals surface area (Å²) in [5.41, 5.74) is 0.634. The second-order valence-electron chi connectivity index (χ2n) is 4.97. The molecule has 0 rings (SSSR count). The van der Waals surface area contributed by atoms with Crippen LogP contribution < -0.4 is 5.32 Å². The maximum Gasteiger partial charge on any atom is 0.330 e. The van der Waals surface area contributed by atoms with E-state index in [1.165, 1.54) is 0 Å². The molecule has 3 nitrogen and oxygen atoms in total. The first-order valence-corrected chi connectivity index (χ1v) is 5.38. The van der Waals surface area contributed by atoms with Gasteiger partial charge in [-0.25, -0.2) is 4.79 Å². The summed E-state index contributed by atoms with van der Waals surface area (Å²) in [4.78, 5) is 10.5. The van der Waals surface area contributed by atoms with Gasteiger partial charge in [-0.15, -0.1) is 0 Å². The Morgan fingerprint density at radius 2 is 2.00 bits per heavy atom. The van der Waals surface area contributed by atoms with Gasteiger partial charge in [-0.3, -0.25) is 0 Å². The Hall–Kier alpha value is -0.830. The van der Waals surface area contributed by atoms with E-state index in [2.05, 4.69) is 33.0 Å². The molecule has 0 fully saturated rings. The number of rotatable bonds is 6. The van der Waals surface area contributed by atoms with E-state index in [0.29, 0.717) is 18.0 Å². The normalized spacial score (nSPS) is 13.3. The second-order valence-corrected chi connectivity index (χ2v) is 4.97. The van der Waals surface area contributed by atoms with Crippen molar-refractivity contribution in [1.82, 2.24) is 5.32 Å². The van der Waals surface area contributed by atoms with Crippen LogP contribution in [0.1, 0.15) is 34.6 Å². The molecule has 0 aromatic heterocycles. The van der Waals surface area contributed by atoms with Crippen LogP contribution in [0, 0.1) is 11.3 Å².